The Morgan fingerprint density at radius 1 is 1.38 bits per heavy atom. The van der Waals surface area contributed by atoms with Gasteiger partial charge in [-0.05, 0) is 38.0 Å². The van der Waals surface area contributed by atoms with Gasteiger partial charge in [-0.1, -0.05) is 0 Å². The number of hydrogen-bond donors (Lipinski definition) is 2. The minimum atomic E-state index is -3.65. The Labute approximate surface area is 125 Å². The monoisotopic (exact) mass is 315 g/mol. The van der Waals surface area contributed by atoms with Gasteiger partial charge in [0.05, 0.1) is 18.6 Å². The zero-order valence-corrected chi connectivity index (χ0v) is 13.1. The summed E-state index contributed by atoms with van der Waals surface area (Å²) in [5.74, 6) is 0.466. The van der Waals surface area contributed by atoms with Crippen molar-refractivity contribution >= 4 is 10.0 Å². The molecule has 1 fully saturated rings. The van der Waals surface area contributed by atoms with Crippen molar-refractivity contribution < 1.29 is 23.0 Å². The van der Waals surface area contributed by atoms with Crippen molar-refractivity contribution in [1.29, 1.82) is 0 Å². The molecule has 0 saturated carbocycles. The second-order valence-corrected chi connectivity index (χ2v) is 7.09. The summed E-state index contributed by atoms with van der Waals surface area (Å²) in [7, 11) is -2.17. The molecule has 6 nitrogen and oxygen atoms in total. The van der Waals surface area contributed by atoms with Gasteiger partial charge in [0.1, 0.15) is 5.75 Å². The van der Waals surface area contributed by atoms with Crippen LogP contribution in [0.5, 0.6) is 5.75 Å². The summed E-state index contributed by atoms with van der Waals surface area (Å²) in [6.45, 7) is 2.69. The molecule has 0 atom stereocenters. The smallest absolute Gasteiger partial charge is 0.241 e. The number of hydrogen-bond acceptors (Lipinski definition) is 5. The van der Waals surface area contributed by atoms with Gasteiger partial charge in [-0.15, -0.1) is 0 Å². The van der Waals surface area contributed by atoms with E-state index in [-0.39, 0.29) is 11.5 Å². The summed E-state index contributed by atoms with van der Waals surface area (Å²) < 4.78 is 38.1. The highest BCUT2D eigenvalue weighted by atomic mass is 32.2. The predicted octanol–water partition coefficient (Wildman–Crippen LogP) is 1.03. The van der Waals surface area contributed by atoms with Crippen molar-refractivity contribution in [1.82, 2.24) is 4.72 Å². The van der Waals surface area contributed by atoms with Crippen LogP contribution < -0.4 is 9.46 Å². The molecule has 1 heterocycles. The van der Waals surface area contributed by atoms with E-state index in [9.17, 15) is 13.5 Å². The quantitative estimate of drug-likeness (QED) is 0.848. The lowest BCUT2D eigenvalue weighted by Gasteiger charge is -2.34. The maximum atomic E-state index is 12.5. The summed E-state index contributed by atoms with van der Waals surface area (Å²) in [6.07, 6.45) is 1.27. The molecule has 0 unspecified atom stereocenters. The average Bonchev–Trinajstić information content (AvgIpc) is 2.46. The molecule has 2 N–H and O–H groups in total. The van der Waals surface area contributed by atoms with Crippen LogP contribution in [0.3, 0.4) is 0 Å². The first-order chi connectivity index (χ1) is 9.90. The summed E-state index contributed by atoms with van der Waals surface area (Å²) >= 11 is 0. The Morgan fingerprint density at radius 3 is 2.62 bits per heavy atom. The van der Waals surface area contributed by atoms with Crippen LogP contribution in [0.15, 0.2) is 23.1 Å². The van der Waals surface area contributed by atoms with Gasteiger partial charge < -0.3 is 14.6 Å². The number of aliphatic hydroxyl groups excluding tert-OH is 1. The molecule has 1 aromatic rings. The van der Waals surface area contributed by atoms with E-state index in [1.54, 1.807) is 6.07 Å². The molecule has 1 aromatic carbocycles. The fourth-order valence-electron chi connectivity index (χ4n) is 2.35. The van der Waals surface area contributed by atoms with Crippen LogP contribution in [0.4, 0.5) is 0 Å². The lowest BCUT2D eigenvalue weighted by atomic mass is 9.94. The Morgan fingerprint density at radius 2 is 2.05 bits per heavy atom. The molecule has 2 rings (SSSR count). The standard InChI is InChI=1S/C14H21NO5S/c1-14(5-7-20-8-6-14)15-21(17,18)12-3-4-13(19-2)11(9-12)10-16/h3-4,9,15-16H,5-8,10H2,1-2H3. The van der Waals surface area contributed by atoms with Crippen molar-refractivity contribution in [3.05, 3.63) is 23.8 Å². The van der Waals surface area contributed by atoms with Gasteiger partial charge in [0, 0.05) is 24.3 Å². The highest BCUT2D eigenvalue weighted by Crippen LogP contribution is 2.26. The van der Waals surface area contributed by atoms with E-state index >= 15 is 0 Å². The third kappa shape index (κ3) is 3.74. The first kappa shape index (κ1) is 16.2. The van der Waals surface area contributed by atoms with E-state index in [0.29, 0.717) is 37.4 Å². The van der Waals surface area contributed by atoms with Crippen LogP contribution in [0.25, 0.3) is 0 Å². The predicted molar refractivity (Wildman–Crippen MR) is 77.7 cm³/mol. The first-order valence-electron chi connectivity index (χ1n) is 6.80. The fraction of sp³-hybridized carbons (Fsp3) is 0.571. The van der Waals surface area contributed by atoms with Gasteiger partial charge in [-0.2, -0.15) is 0 Å². The van der Waals surface area contributed by atoms with Crippen LogP contribution in [0.2, 0.25) is 0 Å². The lowest BCUT2D eigenvalue weighted by Crippen LogP contribution is -2.49. The Hall–Kier alpha value is -1.15. The molecule has 1 aliphatic rings. The van der Waals surface area contributed by atoms with Crippen LogP contribution in [-0.4, -0.2) is 39.4 Å². The fourth-order valence-corrected chi connectivity index (χ4v) is 3.87. The SMILES string of the molecule is COc1ccc(S(=O)(=O)NC2(C)CCOCC2)cc1CO. The molecule has 0 amide bonds. The number of ether oxygens (including phenoxy) is 2. The van der Waals surface area contributed by atoms with Crippen LogP contribution in [-0.2, 0) is 21.4 Å². The summed E-state index contributed by atoms with van der Waals surface area (Å²) in [5.41, 5.74) is -0.0614. The van der Waals surface area contributed by atoms with E-state index < -0.39 is 15.6 Å². The molecule has 0 aliphatic carbocycles. The Balaban J connectivity index is 2.27. The second-order valence-electron chi connectivity index (χ2n) is 5.41. The van der Waals surface area contributed by atoms with Crippen molar-refractivity contribution in [2.45, 2.75) is 36.8 Å². The van der Waals surface area contributed by atoms with Crippen molar-refractivity contribution in [2.24, 2.45) is 0 Å². The highest BCUT2D eigenvalue weighted by Gasteiger charge is 2.32. The van der Waals surface area contributed by atoms with Gasteiger partial charge in [0.25, 0.3) is 0 Å². The van der Waals surface area contributed by atoms with E-state index in [2.05, 4.69) is 4.72 Å². The van der Waals surface area contributed by atoms with Gasteiger partial charge in [0.2, 0.25) is 10.0 Å². The molecule has 0 radical (unpaired) electrons. The van der Waals surface area contributed by atoms with E-state index in [1.165, 1.54) is 19.2 Å². The molecule has 0 bridgehead atoms. The molecule has 1 aliphatic heterocycles. The third-order valence-corrected chi connectivity index (χ3v) is 5.35. The van der Waals surface area contributed by atoms with Gasteiger partial charge >= 0.3 is 0 Å². The summed E-state index contributed by atoms with van der Waals surface area (Å²) in [4.78, 5) is 0.125. The maximum Gasteiger partial charge on any atom is 0.241 e. The number of nitrogens with one attached hydrogen (secondary N) is 1. The molecular formula is C14H21NO5S. The molecular weight excluding hydrogens is 294 g/mol. The molecule has 118 valence electrons. The number of benzene rings is 1. The summed E-state index contributed by atoms with van der Waals surface area (Å²) in [5, 5.41) is 9.30. The van der Waals surface area contributed by atoms with Crippen molar-refractivity contribution in [2.75, 3.05) is 20.3 Å². The largest absolute Gasteiger partial charge is 0.496 e. The van der Waals surface area contributed by atoms with Crippen molar-refractivity contribution in [3.63, 3.8) is 0 Å². The molecule has 0 aromatic heterocycles. The van der Waals surface area contributed by atoms with Gasteiger partial charge in [-0.3, -0.25) is 0 Å². The third-order valence-electron chi connectivity index (χ3n) is 3.71. The molecule has 7 heteroatoms. The lowest BCUT2D eigenvalue weighted by molar-refractivity contribution is 0.0537. The Bertz CT molecular complexity index is 593. The zero-order valence-electron chi connectivity index (χ0n) is 12.3. The van der Waals surface area contributed by atoms with Crippen LogP contribution in [0.1, 0.15) is 25.3 Å². The Kier molecular flexibility index (Phi) is 4.88. The summed E-state index contributed by atoms with van der Waals surface area (Å²) in [6, 6.07) is 4.46. The topological polar surface area (TPSA) is 84.9 Å². The normalized spacial score (nSPS) is 18.4. The van der Waals surface area contributed by atoms with Gasteiger partial charge in [-0.25, -0.2) is 13.1 Å². The molecule has 1 saturated heterocycles. The number of methoxy groups -OCH3 is 1. The minimum absolute atomic E-state index is 0.125. The van der Waals surface area contributed by atoms with E-state index in [1.807, 2.05) is 6.92 Å². The average molecular weight is 315 g/mol. The zero-order chi connectivity index (χ0) is 15.5. The minimum Gasteiger partial charge on any atom is -0.496 e. The molecule has 0 spiro atoms. The van der Waals surface area contributed by atoms with E-state index in [4.69, 9.17) is 9.47 Å². The number of sulfonamides is 1. The highest BCUT2D eigenvalue weighted by molar-refractivity contribution is 7.89. The van der Waals surface area contributed by atoms with E-state index in [0.717, 1.165) is 0 Å². The number of rotatable bonds is 5. The molecule has 21 heavy (non-hydrogen) atoms. The number of aliphatic hydroxyl groups is 1. The second kappa shape index (κ2) is 6.31. The first-order valence-corrected chi connectivity index (χ1v) is 8.28. The maximum absolute atomic E-state index is 12.5. The van der Waals surface area contributed by atoms with Crippen LogP contribution in [0, 0.1) is 0 Å². The van der Waals surface area contributed by atoms with Gasteiger partial charge in [0.15, 0.2) is 0 Å². The van der Waals surface area contributed by atoms with Crippen LogP contribution >= 0.6 is 0 Å². The van der Waals surface area contributed by atoms with Crippen molar-refractivity contribution in [3.8, 4) is 5.75 Å².